The molecule has 3 rings (SSSR count). The van der Waals surface area contributed by atoms with E-state index in [4.69, 9.17) is 10.00 Å². The monoisotopic (exact) mass is 419 g/mol. The summed E-state index contributed by atoms with van der Waals surface area (Å²) in [6.07, 6.45) is 3.21. The molecule has 0 bridgehead atoms. The van der Waals surface area contributed by atoms with Gasteiger partial charge in [-0.15, -0.1) is 0 Å². The Balaban J connectivity index is 1.53. The number of carbonyl (C=O) groups is 2. The summed E-state index contributed by atoms with van der Waals surface area (Å²) in [6.45, 7) is 6.06. The van der Waals surface area contributed by atoms with Crippen molar-refractivity contribution < 1.29 is 14.3 Å². The molecule has 0 aliphatic carbocycles. The molecule has 1 fully saturated rings. The number of nitriles is 1. The predicted octanol–water partition coefficient (Wildman–Crippen LogP) is 4.22. The Morgan fingerprint density at radius 2 is 1.71 bits per heavy atom. The molecule has 3 unspecified atom stereocenters. The lowest BCUT2D eigenvalue weighted by Gasteiger charge is -2.38. The molecule has 0 aromatic heterocycles. The molecular weight excluding hydrogens is 390 g/mol. The molecule has 0 spiro atoms. The van der Waals surface area contributed by atoms with Gasteiger partial charge in [0.1, 0.15) is 5.75 Å². The van der Waals surface area contributed by atoms with Crippen molar-refractivity contribution in [1.29, 1.82) is 5.26 Å². The minimum absolute atomic E-state index is 0.00207. The van der Waals surface area contributed by atoms with Crippen LogP contribution in [-0.2, 0) is 4.79 Å². The highest BCUT2D eigenvalue weighted by Crippen LogP contribution is 2.23. The van der Waals surface area contributed by atoms with Gasteiger partial charge < -0.3 is 15.0 Å². The summed E-state index contributed by atoms with van der Waals surface area (Å²) in [5.74, 6) is 0.357. The number of carbonyl (C=O) groups excluding carboxylic acids is 2. The van der Waals surface area contributed by atoms with Crippen molar-refractivity contribution in [3.63, 3.8) is 0 Å². The van der Waals surface area contributed by atoms with Crippen molar-refractivity contribution in [3.05, 3.63) is 65.2 Å². The van der Waals surface area contributed by atoms with Crippen LogP contribution in [0.5, 0.6) is 5.75 Å². The Morgan fingerprint density at radius 1 is 1.10 bits per heavy atom. The number of nitrogens with one attached hydrogen (secondary N) is 1. The van der Waals surface area contributed by atoms with Gasteiger partial charge in [0.15, 0.2) is 6.61 Å². The fraction of sp³-hybridized carbons (Fsp3) is 0.400. The van der Waals surface area contributed by atoms with E-state index >= 15 is 0 Å². The normalized spacial score (nSPS) is 19.2. The minimum atomic E-state index is -0.199. The van der Waals surface area contributed by atoms with Gasteiger partial charge in [0.2, 0.25) is 0 Å². The van der Waals surface area contributed by atoms with Crippen molar-refractivity contribution in [3.8, 4) is 11.8 Å². The third-order valence-electron chi connectivity index (χ3n) is 5.85. The first-order valence-corrected chi connectivity index (χ1v) is 10.7. The first-order valence-electron chi connectivity index (χ1n) is 10.7. The fourth-order valence-corrected chi connectivity index (χ4v) is 4.04. The van der Waals surface area contributed by atoms with Crippen LogP contribution in [0.4, 0.5) is 0 Å². The summed E-state index contributed by atoms with van der Waals surface area (Å²) in [7, 11) is 0. The highest BCUT2D eigenvalue weighted by atomic mass is 16.5. The lowest BCUT2D eigenvalue weighted by atomic mass is 9.97. The van der Waals surface area contributed by atoms with Crippen LogP contribution in [0.2, 0.25) is 0 Å². The average molecular weight is 420 g/mol. The number of rotatable bonds is 6. The summed E-state index contributed by atoms with van der Waals surface area (Å²) in [5.41, 5.74) is 2.02. The second-order valence-corrected chi connectivity index (χ2v) is 8.17. The Bertz CT molecular complexity index is 937. The zero-order valence-corrected chi connectivity index (χ0v) is 18.3. The van der Waals surface area contributed by atoms with Crippen molar-refractivity contribution in [2.24, 2.45) is 0 Å². The molecule has 6 heteroatoms. The van der Waals surface area contributed by atoms with Gasteiger partial charge in [0, 0.05) is 17.6 Å². The molecule has 1 aliphatic rings. The van der Waals surface area contributed by atoms with Crippen LogP contribution in [0, 0.1) is 11.3 Å². The number of hydrogen-bond donors (Lipinski definition) is 1. The maximum Gasteiger partial charge on any atom is 0.260 e. The lowest BCUT2D eigenvalue weighted by molar-refractivity contribution is -0.139. The molecule has 3 atom stereocenters. The number of hydrogen-bond acceptors (Lipinski definition) is 4. The molecule has 0 saturated carbocycles. The molecule has 2 amide bonds. The molecule has 1 N–H and O–H groups in total. The van der Waals surface area contributed by atoms with Crippen LogP contribution < -0.4 is 10.1 Å². The van der Waals surface area contributed by atoms with Gasteiger partial charge in [-0.3, -0.25) is 9.59 Å². The van der Waals surface area contributed by atoms with Crippen molar-refractivity contribution >= 4 is 11.8 Å². The van der Waals surface area contributed by atoms with Gasteiger partial charge in [0.25, 0.3) is 11.8 Å². The van der Waals surface area contributed by atoms with Gasteiger partial charge in [-0.2, -0.15) is 5.26 Å². The first kappa shape index (κ1) is 22.4. The highest BCUT2D eigenvalue weighted by molar-refractivity contribution is 5.94. The quantitative estimate of drug-likeness (QED) is 0.760. The van der Waals surface area contributed by atoms with E-state index in [2.05, 4.69) is 25.2 Å². The molecule has 2 aromatic carbocycles. The van der Waals surface area contributed by atoms with Crippen LogP contribution in [0.25, 0.3) is 0 Å². The summed E-state index contributed by atoms with van der Waals surface area (Å²) < 4.78 is 5.68. The van der Waals surface area contributed by atoms with Crippen LogP contribution in [0.3, 0.4) is 0 Å². The summed E-state index contributed by atoms with van der Waals surface area (Å²) in [4.78, 5) is 27.1. The SMILES string of the molecule is CC(NC(=O)c1ccc(OCC(=O)N2C(C)CCCC2C)cc1)c1ccc(C#N)cc1. The summed E-state index contributed by atoms with van der Waals surface area (Å²) in [6, 6.07) is 16.3. The van der Waals surface area contributed by atoms with E-state index in [0.29, 0.717) is 16.9 Å². The van der Waals surface area contributed by atoms with Crippen LogP contribution >= 0.6 is 0 Å². The van der Waals surface area contributed by atoms with E-state index in [1.54, 1.807) is 36.4 Å². The van der Waals surface area contributed by atoms with E-state index in [1.807, 2.05) is 24.0 Å². The van der Waals surface area contributed by atoms with E-state index < -0.39 is 0 Å². The second kappa shape index (κ2) is 10.1. The predicted molar refractivity (Wildman–Crippen MR) is 119 cm³/mol. The number of nitrogens with zero attached hydrogens (tertiary/aromatic N) is 2. The Morgan fingerprint density at radius 3 is 2.29 bits per heavy atom. The number of ether oxygens (including phenoxy) is 1. The largest absolute Gasteiger partial charge is 0.484 e. The van der Waals surface area contributed by atoms with Crippen molar-refractivity contribution in [2.75, 3.05) is 6.61 Å². The number of likely N-dealkylation sites (tertiary alicyclic amines) is 1. The zero-order valence-electron chi connectivity index (χ0n) is 18.3. The molecule has 2 aromatic rings. The summed E-state index contributed by atoms with van der Waals surface area (Å²) in [5, 5.41) is 11.8. The molecule has 6 nitrogen and oxygen atoms in total. The standard InChI is InChI=1S/C25H29N3O3/c1-17-5-4-6-18(2)28(17)24(29)16-31-23-13-11-22(12-14-23)25(30)27-19(3)21-9-7-20(15-26)8-10-21/h7-14,17-19H,4-6,16H2,1-3H3,(H,27,30). The first-order chi connectivity index (χ1) is 14.9. The lowest BCUT2D eigenvalue weighted by Crippen LogP contribution is -2.49. The van der Waals surface area contributed by atoms with Crippen molar-refractivity contribution in [2.45, 2.75) is 58.2 Å². The number of amides is 2. The Labute approximate surface area is 183 Å². The topological polar surface area (TPSA) is 82.4 Å². The molecular formula is C25H29N3O3. The van der Waals surface area contributed by atoms with Gasteiger partial charge in [-0.05, 0) is 82.0 Å². The van der Waals surface area contributed by atoms with Gasteiger partial charge >= 0.3 is 0 Å². The smallest absolute Gasteiger partial charge is 0.260 e. The van der Waals surface area contributed by atoms with Crippen LogP contribution in [0.15, 0.2) is 48.5 Å². The van der Waals surface area contributed by atoms with E-state index in [1.165, 1.54) is 0 Å². The average Bonchev–Trinajstić information content (AvgIpc) is 2.78. The summed E-state index contributed by atoms with van der Waals surface area (Å²) >= 11 is 0. The number of benzene rings is 2. The molecule has 1 saturated heterocycles. The minimum Gasteiger partial charge on any atom is -0.484 e. The van der Waals surface area contributed by atoms with Gasteiger partial charge in [0.05, 0.1) is 17.7 Å². The van der Waals surface area contributed by atoms with Crippen molar-refractivity contribution in [1.82, 2.24) is 10.2 Å². The number of piperidine rings is 1. The van der Waals surface area contributed by atoms with Gasteiger partial charge in [-0.1, -0.05) is 12.1 Å². The van der Waals surface area contributed by atoms with Crippen LogP contribution in [0.1, 0.15) is 67.6 Å². The molecule has 31 heavy (non-hydrogen) atoms. The highest BCUT2D eigenvalue weighted by Gasteiger charge is 2.29. The molecule has 1 aliphatic heterocycles. The molecule has 162 valence electrons. The molecule has 1 heterocycles. The Kier molecular flexibility index (Phi) is 7.30. The molecule has 0 radical (unpaired) electrons. The third-order valence-corrected chi connectivity index (χ3v) is 5.85. The van der Waals surface area contributed by atoms with Crippen LogP contribution in [-0.4, -0.2) is 35.4 Å². The Hall–Kier alpha value is -3.33. The maximum absolute atomic E-state index is 12.6. The van der Waals surface area contributed by atoms with E-state index in [9.17, 15) is 9.59 Å². The van der Waals surface area contributed by atoms with E-state index in [-0.39, 0.29) is 36.5 Å². The third kappa shape index (κ3) is 5.64. The fourth-order valence-electron chi connectivity index (χ4n) is 4.04. The second-order valence-electron chi connectivity index (χ2n) is 8.17. The maximum atomic E-state index is 12.6. The van der Waals surface area contributed by atoms with E-state index in [0.717, 1.165) is 24.8 Å². The van der Waals surface area contributed by atoms with Gasteiger partial charge in [-0.25, -0.2) is 0 Å². The zero-order chi connectivity index (χ0) is 22.4.